The molecule has 2 aromatic carbocycles. The van der Waals surface area contributed by atoms with Gasteiger partial charge in [0.15, 0.2) is 11.8 Å². The Labute approximate surface area is 179 Å². The van der Waals surface area contributed by atoms with Crippen LogP contribution >= 0.6 is 11.6 Å². The monoisotopic (exact) mass is 429 g/mol. The van der Waals surface area contributed by atoms with E-state index in [1.54, 1.807) is 42.9 Å². The lowest BCUT2D eigenvalue weighted by Crippen LogP contribution is -2.21. The number of rotatable bonds is 7. The van der Waals surface area contributed by atoms with Crippen LogP contribution < -0.4 is 9.47 Å². The van der Waals surface area contributed by atoms with Crippen molar-refractivity contribution >= 4 is 34.1 Å². The van der Waals surface area contributed by atoms with Gasteiger partial charge in [-0.3, -0.25) is 4.79 Å². The van der Waals surface area contributed by atoms with E-state index in [0.717, 1.165) is 17.5 Å². The van der Waals surface area contributed by atoms with Crippen LogP contribution in [0.3, 0.4) is 0 Å². The first-order valence-electron chi connectivity index (χ1n) is 9.63. The second-order valence-electron chi connectivity index (χ2n) is 6.92. The number of halogens is 1. The Hall–Kier alpha value is -3.06. The van der Waals surface area contributed by atoms with Crippen molar-refractivity contribution in [3.63, 3.8) is 0 Å². The van der Waals surface area contributed by atoms with E-state index in [1.165, 1.54) is 0 Å². The zero-order valence-electron chi connectivity index (χ0n) is 17.3. The zero-order valence-corrected chi connectivity index (χ0v) is 18.1. The molecule has 1 heterocycles. The third kappa shape index (κ3) is 4.41. The maximum Gasteiger partial charge on any atom is 0.304 e. The summed E-state index contributed by atoms with van der Waals surface area (Å²) >= 11 is 5.95. The van der Waals surface area contributed by atoms with E-state index in [1.807, 2.05) is 26.0 Å². The number of hydrogen-bond acceptors (Lipinski definition) is 5. The van der Waals surface area contributed by atoms with Crippen LogP contribution in [0, 0.1) is 6.92 Å². The summed E-state index contributed by atoms with van der Waals surface area (Å²) in [5.74, 6) is 0.554. The molecule has 3 rings (SSSR count). The van der Waals surface area contributed by atoms with Crippen molar-refractivity contribution in [3.05, 3.63) is 47.0 Å². The van der Waals surface area contributed by atoms with E-state index in [-0.39, 0.29) is 11.6 Å². The number of methoxy groups -OCH3 is 1. The van der Waals surface area contributed by atoms with Crippen molar-refractivity contribution in [2.45, 2.75) is 39.8 Å². The smallest absolute Gasteiger partial charge is 0.304 e. The minimum absolute atomic E-state index is 0.0428. The Bertz CT molecular complexity index is 1110. The predicted molar refractivity (Wildman–Crippen MR) is 116 cm³/mol. The maximum absolute atomic E-state index is 12.5. The molecule has 30 heavy (non-hydrogen) atoms. The molecule has 1 atom stereocenters. The Morgan fingerprint density at radius 1 is 1.27 bits per heavy atom. The van der Waals surface area contributed by atoms with Crippen LogP contribution in [0.25, 0.3) is 10.9 Å². The molecule has 0 radical (unpaired) electrons. The van der Waals surface area contributed by atoms with Crippen LogP contribution in [0.5, 0.6) is 17.4 Å². The molecule has 7 nitrogen and oxygen atoms in total. The molecule has 1 aromatic heterocycles. The molecule has 158 valence electrons. The van der Waals surface area contributed by atoms with Gasteiger partial charge >= 0.3 is 5.91 Å². The van der Waals surface area contributed by atoms with Crippen LogP contribution in [0.1, 0.15) is 25.8 Å². The van der Waals surface area contributed by atoms with E-state index >= 15 is 0 Å². The van der Waals surface area contributed by atoms with Gasteiger partial charge in [0, 0.05) is 17.0 Å². The van der Waals surface area contributed by atoms with Crippen LogP contribution in [0.15, 0.2) is 46.6 Å². The fourth-order valence-corrected chi connectivity index (χ4v) is 3.37. The van der Waals surface area contributed by atoms with Gasteiger partial charge in [0.2, 0.25) is 5.88 Å². The van der Waals surface area contributed by atoms with Gasteiger partial charge in [-0.2, -0.15) is 0 Å². The van der Waals surface area contributed by atoms with Gasteiger partial charge in [-0.05, 0) is 62.2 Å². The quantitative estimate of drug-likeness (QED) is 0.480. The van der Waals surface area contributed by atoms with Gasteiger partial charge in [-0.25, -0.2) is 0 Å². The van der Waals surface area contributed by atoms with Crippen LogP contribution in [0.2, 0.25) is 5.02 Å². The minimum Gasteiger partial charge on any atom is -0.497 e. The van der Waals surface area contributed by atoms with E-state index in [4.69, 9.17) is 21.1 Å². The number of carbonyl (C=O) groups is 1. The van der Waals surface area contributed by atoms with Crippen molar-refractivity contribution in [3.8, 4) is 17.4 Å². The molecular formula is C22H24ClN3O4. The highest BCUT2D eigenvalue weighted by atomic mass is 35.5. The summed E-state index contributed by atoms with van der Waals surface area (Å²) in [6.07, 6.45) is -0.0289. The van der Waals surface area contributed by atoms with E-state index in [2.05, 4.69) is 10.2 Å². The number of carbonyl (C=O) groups excluding carboxylic acids is 1. The van der Waals surface area contributed by atoms with Crippen LogP contribution in [-0.4, -0.2) is 28.8 Å². The lowest BCUT2D eigenvalue weighted by Gasteiger charge is -2.13. The molecule has 0 aliphatic heterocycles. The number of nitrogens with zero attached hydrogens (tertiary/aromatic N) is 3. The van der Waals surface area contributed by atoms with Gasteiger partial charge in [0.05, 0.1) is 12.6 Å². The third-order valence-corrected chi connectivity index (χ3v) is 4.94. The number of benzene rings is 2. The molecule has 8 heteroatoms. The van der Waals surface area contributed by atoms with Gasteiger partial charge < -0.3 is 19.1 Å². The van der Waals surface area contributed by atoms with Crippen molar-refractivity contribution in [1.29, 1.82) is 0 Å². The molecule has 1 unspecified atom stereocenters. The summed E-state index contributed by atoms with van der Waals surface area (Å²) in [5.41, 5.74) is 1.82. The number of aromatic hydroxyl groups is 1. The Kier molecular flexibility index (Phi) is 6.62. The highest BCUT2D eigenvalue weighted by Gasteiger charge is 2.19. The first-order valence-corrected chi connectivity index (χ1v) is 10.0. The van der Waals surface area contributed by atoms with Crippen LogP contribution in [0.4, 0.5) is 5.69 Å². The average Bonchev–Trinajstić information content (AvgIpc) is 2.98. The molecule has 0 saturated carbocycles. The van der Waals surface area contributed by atoms with Gasteiger partial charge in [-0.1, -0.05) is 18.5 Å². The Balaban J connectivity index is 1.88. The summed E-state index contributed by atoms with van der Waals surface area (Å²) in [6, 6.07) is 10.6. The van der Waals surface area contributed by atoms with Gasteiger partial charge in [0.1, 0.15) is 11.5 Å². The number of ether oxygens (including phenoxy) is 2. The Morgan fingerprint density at radius 3 is 2.70 bits per heavy atom. The fraction of sp³-hybridized carbons (Fsp3) is 0.318. The molecule has 0 fully saturated rings. The van der Waals surface area contributed by atoms with Crippen molar-refractivity contribution in [1.82, 2.24) is 4.57 Å². The van der Waals surface area contributed by atoms with Gasteiger partial charge in [0.25, 0.3) is 0 Å². The molecule has 3 aromatic rings. The summed E-state index contributed by atoms with van der Waals surface area (Å²) in [6.45, 7) is 6.05. The van der Waals surface area contributed by atoms with E-state index in [9.17, 15) is 9.90 Å². The number of aryl methyl sites for hydroxylation is 2. The Morgan fingerprint density at radius 2 is 2.03 bits per heavy atom. The maximum atomic E-state index is 12.5. The van der Waals surface area contributed by atoms with E-state index < -0.39 is 12.0 Å². The number of fused-ring (bicyclic) bond motifs is 1. The predicted octanol–water partition coefficient (Wildman–Crippen LogP) is 5.81. The van der Waals surface area contributed by atoms with Gasteiger partial charge in [-0.15, -0.1) is 10.2 Å². The molecule has 0 saturated heterocycles. The molecule has 0 bridgehead atoms. The second-order valence-corrected chi connectivity index (χ2v) is 7.35. The summed E-state index contributed by atoms with van der Waals surface area (Å²) in [7, 11) is 1.56. The van der Waals surface area contributed by atoms with E-state index in [0.29, 0.717) is 28.5 Å². The summed E-state index contributed by atoms with van der Waals surface area (Å²) in [4.78, 5) is 12.5. The first kappa shape index (κ1) is 21.6. The normalized spacial score (nSPS) is 12.4. The standard InChI is InChI=1S/C22H24ClN3O4/c1-5-10-26-18-8-7-16(29-4)12-17(18)20(22(26)28)24-25-21(27)14(3)30-19-9-6-15(23)11-13(19)2/h6-9,11-12,14,28H,5,10H2,1-4H3. The third-order valence-electron chi connectivity index (χ3n) is 4.70. The topological polar surface area (TPSA) is 85.4 Å². The number of amides is 1. The molecule has 0 aliphatic carbocycles. The number of hydrogen-bond donors (Lipinski definition) is 1. The van der Waals surface area contributed by atoms with Crippen molar-refractivity contribution < 1.29 is 19.4 Å². The summed E-state index contributed by atoms with van der Waals surface area (Å²) < 4.78 is 12.7. The molecule has 1 amide bonds. The minimum atomic E-state index is -0.853. The highest BCUT2D eigenvalue weighted by molar-refractivity contribution is 6.30. The summed E-state index contributed by atoms with van der Waals surface area (Å²) in [5, 5.41) is 19.8. The fourth-order valence-electron chi connectivity index (χ4n) is 3.14. The lowest BCUT2D eigenvalue weighted by molar-refractivity contribution is -0.124. The van der Waals surface area contributed by atoms with Crippen molar-refractivity contribution in [2.24, 2.45) is 10.2 Å². The van der Waals surface area contributed by atoms with Crippen LogP contribution in [-0.2, 0) is 11.3 Å². The molecule has 1 N–H and O–H groups in total. The molecule has 0 aliphatic rings. The number of aromatic nitrogens is 1. The largest absolute Gasteiger partial charge is 0.497 e. The molecular weight excluding hydrogens is 406 g/mol. The first-order chi connectivity index (χ1) is 14.3. The average molecular weight is 430 g/mol. The number of azo groups is 1. The second kappa shape index (κ2) is 9.17. The lowest BCUT2D eigenvalue weighted by atomic mass is 10.2. The zero-order chi connectivity index (χ0) is 21.8. The van der Waals surface area contributed by atoms with Crippen molar-refractivity contribution in [2.75, 3.05) is 7.11 Å². The highest BCUT2D eigenvalue weighted by Crippen LogP contribution is 2.40. The molecule has 0 spiro atoms. The SMILES string of the molecule is CCCn1c(O)c(N=NC(=O)C(C)Oc2ccc(Cl)cc2C)c2cc(OC)ccc21.